The lowest BCUT2D eigenvalue weighted by Crippen LogP contribution is -2.45. The summed E-state index contributed by atoms with van der Waals surface area (Å²) in [6, 6.07) is 8.15. The molecule has 0 aliphatic heterocycles. The monoisotopic (exact) mass is 449 g/mol. The van der Waals surface area contributed by atoms with Crippen molar-refractivity contribution < 1.29 is 9.47 Å². The van der Waals surface area contributed by atoms with Gasteiger partial charge in [-0.1, -0.05) is 25.5 Å². The first kappa shape index (κ1) is 23.0. The van der Waals surface area contributed by atoms with E-state index in [-0.39, 0.29) is 29.6 Å². The van der Waals surface area contributed by atoms with Gasteiger partial charge < -0.3 is 20.1 Å². The number of benzene rings is 1. The molecule has 0 spiro atoms. The number of hydrogen-bond acceptors (Lipinski definition) is 3. The van der Waals surface area contributed by atoms with Crippen LogP contribution < -0.4 is 15.4 Å². The second-order valence-electron chi connectivity index (χ2n) is 6.09. The molecule has 0 aliphatic carbocycles. The Bertz CT molecular complexity index is 493. The summed E-state index contributed by atoms with van der Waals surface area (Å²) < 4.78 is 11.1. The fourth-order valence-electron chi connectivity index (χ4n) is 1.85. The lowest BCUT2D eigenvalue weighted by atomic mass is 10.1. The first-order valence-corrected chi connectivity index (χ1v) is 8.22. The highest BCUT2D eigenvalue weighted by Gasteiger charge is 2.16. The topological polar surface area (TPSA) is 54.9 Å². The minimum atomic E-state index is -0.231. The quantitative estimate of drug-likeness (QED) is 0.262. The fraction of sp³-hybridized carbons (Fsp3) is 0.611. The number of rotatable bonds is 9. The number of aliphatic imine (C=N–C) groups is 1. The van der Waals surface area contributed by atoms with Gasteiger partial charge >= 0.3 is 0 Å². The number of ether oxygens (including phenoxy) is 2. The molecule has 6 heteroatoms. The van der Waals surface area contributed by atoms with Crippen LogP contribution in [0.2, 0.25) is 0 Å². The summed E-state index contributed by atoms with van der Waals surface area (Å²) in [4.78, 5) is 4.23. The Labute approximate surface area is 163 Å². The molecule has 0 atom stereocenters. The van der Waals surface area contributed by atoms with Gasteiger partial charge in [0.2, 0.25) is 0 Å². The number of nitrogens with zero attached hydrogens (tertiary/aromatic N) is 1. The van der Waals surface area contributed by atoms with E-state index in [9.17, 15) is 0 Å². The van der Waals surface area contributed by atoms with Gasteiger partial charge in [0.05, 0.1) is 12.2 Å². The fourth-order valence-corrected chi connectivity index (χ4v) is 1.85. The second-order valence-corrected chi connectivity index (χ2v) is 6.09. The van der Waals surface area contributed by atoms with Crippen molar-refractivity contribution in [2.24, 2.45) is 4.99 Å². The van der Waals surface area contributed by atoms with E-state index in [4.69, 9.17) is 9.47 Å². The third-order valence-electron chi connectivity index (χ3n) is 3.58. The zero-order valence-electron chi connectivity index (χ0n) is 15.5. The molecule has 0 saturated carbocycles. The Morgan fingerprint density at radius 3 is 2.62 bits per heavy atom. The van der Waals surface area contributed by atoms with E-state index < -0.39 is 0 Å². The van der Waals surface area contributed by atoms with Crippen LogP contribution in [0.5, 0.6) is 5.75 Å². The predicted molar refractivity (Wildman–Crippen MR) is 112 cm³/mol. The molecule has 5 nitrogen and oxygen atoms in total. The zero-order valence-corrected chi connectivity index (χ0v) is 17.8. The first-order chi connectivity index (χ1) is 11.0. The Balaban J connectivity index is 0.00000529. The Morgan fingerprint density at radius 1 is 1.25 bits per heavy atom. The average molecular weight is 449 g/mol. The van der Waals surface area contributed by atoms with Crippen LogP contribution in [0, 0.1) is 0 Å². The van der Waals surface area contributed by atoms with Crippen molar-refractivity contribution in [2.45, 2.75) is 45.8 Å². The number of methoxy groups -OCH3 is 1. The van der Waals surface area contributed by atoms with Crippen molar-refractivity contribution >= 4 is 29.9 Å². The molecule has 138 valence electrons. The van der Waals surface area contributed by atoms with Crippen molar-refractivity contribution in [1.29, 1.82) is 0 Å². The van der Waals surface area contributed by atoms with Gasteiger partial charge in [-0.15, -0.1) is 24.0 Å². The van der Waals surface area contributed by atoms with Crippen molar-refractivity contribution in [2.75, 3.05) is 27.3 Å². The van der Waals surface area contributed by atoms with Gasteiger partial charge in [-0.2, -0.15) is 0 Å². The van der Waals surface area contributed by atoms with Crippen molar-refractivity contribution in [3.8, 4) is 5.75 Å². The molecule has 0 radical (unpaired) electrons. The summed E-state index contributed by atoms with van der Waals surface area (Å²) in [5.74, 6) is 1.67. The zero-order chi connectivity index (χ0) is 17.1. The third-order valence-corrected chi connectivity index (χ3v) is 3.58. The van der Waals surface area contributed by atoms with Gasteiger partial charge in [0.25, 0.3) is 0 Å². The number of hydrogen-bond donors (Lipinski definition) is 2. The molecule has 1 rings (SSSR count). The van der Waals surface area contributed by atoms with E-state index in [0.29, 0.717) is 13.1 Å². The highest BCUT2D eigenvalue weighted by Crippen LogP contribution is 2.13. The normalized spacial score (nSPS) is 11.6. The van der Waals surface area contributed by atoms with Crippen molar-refractivity contribution in [3.63, 3.8) is 0 Å². The van der Waals surface area contributed by atoms with Crippen LogP contribution in [0.1, 0.15) is 39.2 Å². The van der Waals surface area contributed by atoms with Gasteiger partial charge in [-0.25, -0.2) is 0 Å². The summed E-state index contributed by atoms with van der Waals surface area (Å²) in [6.45, 7) is 8.37. The molecule has 0 heterocycles. The lowest BCUT2D eigenvalue weighted by molar-refractivity contribution is 0.0268. The molecule has 2 N–H and O–H groups in total. The van der Waals surface area contributed by atoms with Crippen LogP contribution in [0.25, 0.3) is 0 Å². The molecule has 24 heavy (non-hydrogen) atoms. The van der Waals surface area contributed by atoms with Crippen LogP contribution in [-0.2, 0) is 11.3 Å². The van der Waals surface area contributed by atoms with Gasteiger partial charge in [-0.05, 0) is 38.0 Å². The van der Waals surface area contributed by atoms with E-state index in [1.807, 2.05) is 26.0 Å². The maximum Gasteiger partial charge on any atom is 0.191 e. The van der Waals surface area contributed by atoms with Crippen LogP contribution in [0.15, 0.2) is 29.3 Å². The predicted octanol–water partition coefficient (Wildman–Crippen LogP) is 3.57. The molecule has 0 aromatic heterocycles. The first-order valence-electron chi connectivity index (χ1n) is 8.22. The van der Waals surface area contributed by atoms with E-state index in [1.165, 1.54) is 0 Å². The smallest absolute Gasteiger partial charge is 0.191 e. The van der Waals surface area contributed by atoms with E-state index >= 15 is 0 Å². The summed E-state index contributed by atoms with van der Waals surface area (Å²) >= 11 is 0. The second kappa shape index (κ2) is 12.4. The molecule has 0 bridgehead atoms. The van der Waals surface area contributed by atoms with Crippen LogP contribution in [0.3, 0.4) is 0 Å². The summed E-state index contributed by atoms with van der Waals surface area (Å²) in [5.41, 5.74) is 0.929. The molecule has 0 aliphatic rings. The Kier molecular flexibility index (Phi) is 11.8. The van der Waals surface area contributed by atoms with Gasteiger partial charge in [0.1, 0.15) is 5.75 Å². The minimum absolute atomic E-state index is 0. The number of guanidine groups is 1. The molecule has 0 amide bonds. The SMILES string of the molecule is CCCCOc1cccc(CNC(=NC)NCC(C)(C)OC)c1.I. The van der Waals surface area contributed by atoms with Crippen LogP contribution >= 0.6 is 24.0 Å². The number of unbranched alkanes of at least 4 members (excludes halogenated alkanes) is 1. The molecular weight excluding hydrogens is 417 g/mol. The molecule has 0 saturated heterocycles. The van der Waals surface area contributed by atoms with E-state index in [1.54, 1.807) is 14.2 Å². The molecular formula is C18H32IN3O2. The maximum absolute atomic E-state index is 5.74. The number of halogens is 1. The van der Waals surface area contributed by atoms with Gasteiger partial charge in [0, 0.05) is 27.2 Å². The van der Waals surface area contributed by atoms with Crippen LogP contribution in [0.4, 0.5) is 0 Å². The molecule has 0 fully saturated rings. The van der Waals surface area contributed by atoms with Crippen molar-refractivity contribution in [3.05, 3.63) is 29.8 Å². The van der Waals surface area contributed by atoms with Gasteiger partial charge in [-0.3, -0.25) is 4.99 Å². The Hall–Kier alpha value is -1.02. The largest absolute Gasteiger partial charge is 0.494 e. The number of nitrogens with one attached hydrogen (secondary N) is 2. The highest BCUT2D eigenvalue weighted by molar-refractivity contribution is 14.0. The molecule has 1 aromatic carbocycles. The summed E-state index contributed by atoms with van der Waals surface area (Å²) in [6.07, 6.45) is 2.22. The third kappa shape index (κ3) is 9.32. The lowest BCUT2D eigenvalue weighted by Gasteiger charge is -2.24. The summed E-state index contributed by atoms with van der Waals surface area (Å²) in [7, 11) is 3.47. The van der Waals surface area contributed by atoms with E-state index in [0.717, 1.165) is 36.7 Å². The van der Waals surface area contributed by atoms with E-state index in [2.05, 4.69) is 34.7 Å². The minimum Gasteiger partial charge on any atom is -0.494 e. The standard InChI is InChI=1S/C18H31N3O2.HI/c1-6-7-11-23-16-10-8-9-15(12-16)13-20-17(19-4)21-14-18(2,3)22-5;/h8-10,12H,6-7,11,13-14H2,1-5H3,(H2,19,20,21);1H. The summed E-state index contributed by atoms with van der Waals surface area (Å²) in [5, 5.41) is 6.57. The highest BCUT2D eigenvalue weighted by atomic mass is 127. The van der Waals surface area contributed by atoms with Crippen LogP contribution in [-0.4, -0.2) is 38.9 Å². The molecule has 1 aromatic rings. The van der Waals surface area contributed by atoms with Crippen molar-refractivity contribution in [1.82, 2.24) is 10.6 Å². The Morgan fingerprint density at radius 2 is 2.00 bits per heavy atom. The maximum atomic E-state index is 5.74. The molecule has 0 unspecified atom stereocenters. The van der Waals surface area contributed by atoms with Gasteiger partial charge in [0.15, 0.2) is 5.96 Å². The average Bonchev–Trinajstić information content (AvgIpc) is 2.56.